The predicted octanol–water partition coefficient (Wildman–Crippen LogP) is 2.33. The van der Waals surface area contributed by atoms with Crippen LogP contribution in [-0.4, -0.2) is 54.2 Å². The monoisotopic (exact) mass is 331 g/mol. The number of hydrogen-bond donors (Lipinski definition) is 1. The minimum Gasteiger partial charge on any atom is -0.376 e. The molecule has 3 heterocycles. The number of nitrogens with zero attached hydrogens (tertiary/aromatic N) is 2. The highest BCUT2D eigenvalue weighted by atomic mass is 16.5. The van der Waals surface area contributed by atoms with Crippen LogP contribution >= 0.6 is 0 Å². The summed E-state index contributed by atoms with van der Waals surface area (Å²) >= 11 is 0. The standard InChI is InChI=1S/C19H29N3O2/c1-15(19(23)21-14-18-5-3-13-24-18)22-11-2-4-16(8-12-22)17-6-9-20-10-7-17/h6-7,9-10,15-16,18H,2-5,8,11-14H2,1H3,(H,21,23). The summed E-state index contributed by atoms with van der Waals surface area (Å²) in [6.07, 6.45) is 9.55. The summed E-state index contributed by atoms with van der Waals surface area (Å²) in [6.45, 7) is 5.48. The van der Waals surface area contributed by atoms with Gasteiger partial charge in [-0.05, 0) is 75.7 Å². The summed E-state index contributed by atoms with van der Waals surface area (Å²) in [4.78, 5) is 18.9. The number of ether oxygens (including phenoxy) is 1. The fourth-order valence-corrected chi connectivity index (χ4v) is 3.81. The van der Waals surface area contributed by atoms with Crippen molar-refractivity contribution in [2.75, 3.05) is 26.2 Å². The Kier molecular flexibility index (Phi) is 6.21. The third kappa shape index (κ3) is 4.54. The van der Waals surface area contributed by atoms with E-state index in [0.717, 1.165) is 45.4 Å². The molecule has 1 aromatic heterocycles. The van der Waals surface area contributed by atoms with Crippen molar-refractivity contribution in [3.05, 3.63) is 30.1 Å². The Balaban J connectivity index is 1.48. The van der Waals surface area contributed by atoms with Crippen LogP contribution in [-0.2, 0) is 9.53 Å². The Labute approximate surface area is 144 Å². The number of aromatic nitrogens is 1. The minimum atomic E-state index is -0.0670. The number of rotatable bonds is 5. The Morgan fingerprint density at radius 3 is 2.88 bits per heavy atom. The van der Waals surface area contributed by atoms with E-state index in [9.17, 15) is 4.79 Å². The first kappa shape index (κ1) is 17.4. The van der Waals surface area contributed by atoms with Crippen LogP contribution < -0.4 is 5.32 Å². The SMILES string of the molecule is CC(C(=O)NCC1CCCO1)N1CCCC(c2ccncc2)CC1. The van der Waals surface area contributed by atoms with E-state index >= 15 is 0 Å². The van der Waals surface area contributed by atoms with Crippen LogP contribution in [0.15, 0.2) is 24.5 Å². The second kappa shape index (κ2) is 8.58. The molecular weight excluding hydrogens is 302 g/mol. The van der Waals surface area contributed by atoms with Crippen molar-refractivity contribution in [2.24, 2.45) is 0 Å². The smallest absolute Gasteiger partial charge is 0.237 e. The summed E-state index contributed by atoms with van der Waals surface area (Å²) in [7, 11) is 0. The second-order valence-corrected chi connectivity index (χ2v) is 7.00. The van der Waals surface area contributed by atoms with Crippen molar-refractivity contribution in [2.45, 2.75) is 57.1 Å². The first-order valence-corrected chi connectivity index (χ1v) is 9.27. The lowest BCUT2D eigenvalue weighted by atomic mass is 9.93. The molecule has 2 saturated heterocycles. The first-order chi connectivity index (χ1) is 11.7. The van der Waals surface area contributed by atoms with Gasteiger partial charge in [0.05, 0.1) is 12.1 Å². The number of carbonyl (C=O) groups is 1. The van der Waals surface area contributed by atoms with Gasteiger partial charge in [0.15, 0.2) is 0 Å². The van der Waals surface area contributed by atoms with Crippen LogP contribution in [0.4, 0.5) is 0 Å². The van der Waals surface area contributed by atoms with E-state index in [-0.39, 0.29) is 18.1 Å². The van der Waals surface area contributed by atoms with Crippen LogP contribution in [0.5, 0.6) is 0 Å². The van der Waals surface area contributed by atoms with Crippen molar-refractivity contribution in [3.8, 4) is 0 Å². The molecular formula is C19H29N3O2. The van der Waals surface area contributed by atoms with Crippen molar-refractivity contribution < 1.29 is 9.53 Å². The topological polar surface area (TPSA) is 54.5 Å². The van der Waals surface area contributed by atoms with Gasteiger partial charge in [0.1, 0.15) is 0 Å². The van der Waals surface area contributed by atoms with Gasteiger partial charge in [-0.25, -0.2) is 0 Å². The largest absolute Gasteiger partial charge is 0.376 e. The first-order valence-electron chi connectivity index (χ1n) is 9.27. The molecule has 5 nitrogen and oxygen atoms in total. The minimum absolute atomic E-state index is 0.0670. The number of amides is 1. The molecule has 2 aliphatic rings. The third-order valence-electron chi connectivity index (χ3n) is 5.40. The van der Waals surface area contributed by atoms with Gasteiger partial charge < -0.3 is 10.1 Å². The lowest BCUT2D eigenvalue weighted by Crippen LogP contribution is -2.47. The average molecular weight is 331 g/mol. The van der Waals surface area contributed by atoms with Crippen LogP contribution in [0.25, 0.3) is 0 Å². The van der Waals surface area contributed by atoms with Crippen molar-refractivity contribution in [1.29, 1.82) is 0 Å². The maximum absolute atomic E-state index is 12.4. The van der Waals surface area contributed by atoms with Gasteiger partial charge >= 0.3 is 0 Å². The molecule has 0 aliphatic carbocycles. The Hall–Kier alpha value is -1.46. The summed E-state index contributed by atoms with van der Waals surface area (Å²) in [5.74, 6) is 0.716. The number of nitrogens with one attached hydrogen (secondary N) is 1. The highest BCUT2D eigenvalue weighted by molar-refractivity contribution is 5.81. The molecule has 0 spiro atoms. The number of likely N-dealkylation sites (tertiary alicyclic amines) is 1. The van der Waals surface area contributed by atoms with Crippen LogP contribution in [0.2, 0.25) is 0 Å². The maximum atomic E-state index is 12.4. The van der Waals surface area contributed by atoms with Gasteiger partial charge in [-0.1, -0.05) is 0 Å². The highest BCUT2D eigenvalue weighted by Crippen LogP contribution is 2.28. The molecule has 5 heteroatoms. The molecule has 1 aromatic rings. The molecule has 0 aromatic carbocycles. The highest BCUT2D eigenvalue weighted by Gasteiger charge is 2.26. The van der Waals surface area contributed by atoms with Gasteiger partial charge in [0.2, 0.25) is 5.91 Å². The molecule has 3 unspecified atom stereocenters. The average Bonchev–Trinajstić information content (AvgIpc) is 3.02. The molecule has 0 saturated carbocycles. The zero-order valence-electron chi connectivity index (χ0n) is 14.6. The lowest BCUT2D eigenvalue weighted by Gasteiger charge is -2.27. The van der Waals surface area contributed by atoms with Crippen molar-refractivity contribution >= 4 is 5.91 Å². The van der Waals surface area contributed by atoms with E-state index in [1.54, 1.807) is 0 Å². The molecule has 1 N–H and O–H groups in total. The molecule has 3 atom stereocenters. The number of carbonyl (C=O) groups excluding carboxylic acids is 1. The summed E-state index contributed by atoms with van der Waals surface area (Å²) in [6, 6.07) is 4.18. The Morgan fingerprint density at radius 1 is 1.29 bits per heavy atom. The Bertz CT molecular complexity index is 517. The van der Waals surface area contributed by atoms with Gasteiger partial charge in [-0.2, -0.15) is 0 Å². The van der Waals surface area contributed by atoms with Crippen molar-refractivity contribution in [1.82, 2.24) is 15.2 Å². The van der Waals surface area contributed by atoms with E-state index < -0.39 is 0 Å². The van der Waals surface area contributed by atoms with Crippen LogP contribution in [0.3, 0.4) is 0 Å². The zero-order chi connectivity index (χ0) is 16.8. The van der Waals surface area contributed by atoms with Gasteiger partial charge in [-0.15, -0.1) is 0 Å². The Morgan fingerprint density at radius 2 is 2.12 bits per heavy atom. The zero-order valence-corrected chi connectivity index (χ0v) is 14.6. The quantitative estimate of drug-likeness (QED) is 0.900. The van der Waals surface area contributed by atoms with E-state index in [1.807, 2.05) is 19.3 Å². The molecule has 1 amide bonds. The van der Waals surface area contributed by atoms with Gasteiger partial charge in [0.25, 0.3) is 0 Å². The third-order valence-corrected chi connectivity index (χ3v) is 5.40. The fourth-order valence-electron chi connectivity index (χ4n) is 3.81. The lowest BCUT2D eigenvalue weighted by molar-refractivity contribution is -0.126. The second-order valence-electron chi connectivity index (χ2n) is 7.00. The summed E-state index contributed by atoms with van der Waals surface area (Å²) in [5.41, 5.74) is 1.38. The summed E-state index contributed by atoms with van der Waals surface area (Å²) < 4.78 is 5.58. The van der Waals surface area contributed by atoms with Gasteiger partial charge in [-0.3, -0.25) is 14.7 Å². The maximum Gasteiger partial charge on any atom is 0.237 e. The molecule has 2 aliphatic heterocycles. The molecule has 24 heavy (non-hydrogen) atoms. The van der Waals surface area contributed by atoms with Crippen LogP contribution in [0, 0.1) is 0 Å². The van der Waals surface area contributed by atoms with E-state index in [0.29, 0.717) is 12.5 Å². The van der Waals surface area contributed by atoms with Crippen LogP contribution in [0.1, 0.15) is 50.5 Å². The number of hydrogen-bond acceptors (Lipinski definition) is 4. The van der Waals surface area contributed by atoms with E-state index in [1.165, 1.54) is 12.0 Å². The molecule has 2 fully saturated rings. The molecule has 132 valence electrons. The van der Waals surface area contributed by atoms with E-state index in [4.69, 9.17) is 4.74 Å². The molecule has 0 bridgehead atoms. The molecule has 3 rings (SSSR count). The van der Waals surface area contributed by atoms with Crippen molar-refractivity contribution in [3.63, 3.8) is 0 Å². The number of pyridine rings is 1. The van der Waals surface area contributed by atoms with Gasteiger partial charge in [0, 0.05) is 25.5 Å². The molecule has 0 radical (unpaired) electrons. The summed E-state index contributed by atoms with van der Waals surface area (Å²) in [5, 5.41) is 3.07. The fraction of sp³-hybridized carbons (Fsp3) is 0.684. The predicted molar refractivity (Wildman–Crippen MR) is 93.8 cm³/mol. The normalized spacial score (nSPS) is 26.7. The van der Waals surface area contributed by atoms with E-state index in [2.05, 4.69) is 27.3 Å².